The predicted molar refractivity (Wildman–Crippen MR) is 31.9 cm³/mol. The molecule has 0 heterocycles. The van der Waals surface area contributed by atoms with Gasteiger partial charge in [0.1, 0.15) is 0 Å². The molecule has 0 saturated carbocycles. The van der Waals surface area contributed by atoms with E-state index in [0.717, 1.165) is 0 Å². The molecule has 0 aliphatic heterocycles. The molecule has 0 radical (unpaired) electrons. The fraction of sp³-hybridized carbons (Fsp3) is 0.833. The Morgan fingerprint density at radius 1 is 1.36 bits per heavy atom. The average molecular weight is 170 g/mol. The molecule has 0 spiro atoms. The Balaban J connectivity index is 4.26. The molecule has 11 heavy (non-hydrogen) atoms. The predicted octanol–water partition coefficient (Wildman–Crippen LogP) is 1.13. The molecular weight excluding hydrogens is 161 g/mol. The second-order valence-electron chi connectivity index (χ2n) is 2.50. The van der Waals surface area contributed by atoms with Gasteiger partial charge in [0.25, 0.3) is 0 Å². The number of alkyl halides is 3. The van der Waals surface area contributed by atoms with E-state index in [0.29, 0.717) is 0 Å². The van der Waals surface area contributed by atoms with Gasteiger partial charge in [0.05, 0.1) is 0 Å². The van der Waals surface area contributed by atoms with Gasteiger partial charge in [0.15, 0.2) is 5.78 Å². The number of aliphatic hydroxyl groups is 1. The van der Waals surface area contributed by atoms with Crippen molar-refractivity contribution in [2.45, 2.75) is 26.1 Å². The molecule has 0 amide bonds. The van der Waals surface area contributed by atoms with Crippen molar-refractivity contribution >= 4 is 5.78 Å². The SMILES string of the molecule is CC(C)C(=O)[C@H](O)C(F)(F)F. The van der Waals surface area contributed by atoms with Gasteiger partial charge in [-0.1, -0.05) is 13.8 Å². The quantitative estimate of drug-likeness (QED) is 0.674. The molecule has 2 nitrogen and oxygen atoms in total. The van der Waals surface area contributed by atoms with Crippen LogP contribution in [0, 0.1) is 5.92 Å². The molecule has 0 fully saturated rings. The second kappa shape index (κ2) is 3.21. The molecule has 1 N–H and O–H groups in total. The number of hydrogen-bond acceptors (Lipinski definition) is 2. The van der Waals surface area contributed by atoms with E-state index in [2.05, 4.69) is 0 Å². The minimum absolute atomic E-state index is 0.799. The van der Waals surface area contributed by atoms with Gasteiger partial charge < -0.3 is 5.11 Å². The van der Waals surface area contributed by atoms with E-state index in [1.165, 1.54) is 13.8 Å². The summed E-state index contributed by atoms with van der Waals surface area (Å²) in [6, 6.07) is 0. The van der Waals surface area contributed by atoms with E-state index >= 15 is 0 Å². The van der Waals surface area contributed by atoms with Crippen molar-refractivity contribution in [1.29, 1.82) is 0 Å². The van der Waals surface area contributed by atoms with Gasteiger partial charge in [-0.05, 0) is 0 Å². The highest BCUT2D eigenvalue weighted by atomic mass is 19.4. The summed E-state index contributed by atoms with van der Waals surface area (Å²) in [7, 11) is 0. The van der Waals surface area contributed by atoms with Crippen LogP contribution in [0.25, 0.3) is 0 Å². The zero-order valence-electron chi connectivity index (χ0n) is 6.14. The third-order valence-electron chi connectivity index (χ3n) is 1.15. The lowest BCUT2D eigenvalue weighted by Crippen LogP contribution is -2.38. The maximum atomic E-state index is 11.6. The third kappa shape index (κ3) is 2.88. The highest BCUT2D eigenvalue weighted by molar-refractivity contribution is 5.85. The Morgan fingerprint density at radius 3 is 1.82 bits per heavy atom. The van der Waals surface area contributed by atoms with Crippen molar-refractivity contribution in [1.82, 2.24) is 0 Å². The second-order valence-corrected chi connectivity index (χ2v) is 2.50. The third-order valence-corrected chi connectivity index (χ3v) is 1.15. The van der Waals surface area contributed by atoms with Crippen LogP contribution in [-0.2, 0) is 4.79 Å². The average Bonchev–Trinajstić information content (AvgIpc) is 1.82. The number of Topliss-reactive ketones (excluding diaryl/α,β-unsaturated/α-hetero) is 1. The normalized spacial score (nSPS) is 15.2. The van der Waals surface area contributed by atoms with Crippen LogP contribution >= 0.6 is 0 Å². The zero-order chi connectivity index (χ0) is 9.23. The lowest BCUT2D eigenvalue weighted by molar-refractivity contribution is -0.205. The summed E-state index contributed by atoms with van der Waals surface area (Å²) < 4.78 is 34.8. The minimum Gasteiger partial charge on any atom is -0.377 e. The first-order valence-electron chi connectivity index (χ1n) is 3.05. The highest BCUT2D eigenvalue weighted by Crippen LogP contribution is 2.22. The molecule has 0 aromatic carbocycles. The van der Waals surface area contributed by atoms with Crippen LogP contribution in [0.2, 0.25) is 0 Å². The first kappa shape index (κ1) is 10.4. The Kier molecular flexibility index (Phi) is 3.04. The van der Waals surface area contributed by atoms with Crippen molar-refractivity contribution in [2.24, 2.45) is 5.92 Å². The van der Waals surface area contributed by atoms with Gasteiger partial charge in [-0.3, -0.25) is 4.79 Å². The first-order valence-corrected chi connectivity index (χ1v) is 3.05. The number of carbonyl (C=O) groups is 1. The summed E-state index contributed by atoms with van der Waals surface area (Å²) in [6.45, 7) is 2.61. The van der Waals surface area contributed by atoms with Crippen LogP contribution in [0.4, 0.5) is 13.2 Å². The first-order chi connectivity index (χ1) is 4.76. The molecule has 0 aliphatic carbocycles. The number of aliphatic hydroxyl groups excluding tert-OH is 1. The molecule has 1 atom stereocenters. The fourth-order valence-electron chi connectivity index (χ4n) is 0.477. The summed E-state index contributed by atoms with van der Waals surface area (Å²) in [5.74, 6) is -2.00. The van der Waals surface area contributed by atoms with E-state index in [-0.39, 0.29) is 0 Å². The molecule has 0 saturated heterocycles. The van der Waals surface area contributed by atoms with E-state index in [4.69, 9.17) is 5.11 Å². The molecule has 0 aromatic heterocycles. The summed E-state index contributed by atoms with van der Waals surface area (Å²) in [6.07, 6.45) is -7.66. The largest absolute Gasteiger partial charge is 0.421 e. The van der Waals surface area contributed by atoms with Crippen LogP contribution in [0.1, 0.15) is 13.8 Å². The maximum absolute atomic E-state index is 11.6. The van der Waals surface area contributed by atoms with Crippen molar-refractivity contribution < 1.29 is 23.1 Å². The molecule has 0 bridgehead atoms. The van der Waals surface area contributed by atoms with Crippen LogP contribution < -0.4 is 0 Å². The summed E-state index contributed by atoms with van der Waals surface area (Å²) in [4.78, 5) is 10.5. The number of rotatable bonds is 2. The monoisotopic (exact) mass is 170 g/mol. The van der Waals surface area contributed by atoms with Gasteiger partial charge in [0, 0.05) is 5.92 Å². The Morgan fingerprint density at radius 2 is 1.73 bits per heavy atom. The Labute approximate surface area is 62.0 Å². The van der Waals surface area contributed by atoms with E-state index in [1.54, 1.807) is 0 Å². The van der Waals surface area contributed by atoms with Crippen LogP contribution in [0.3, 0.4) is 0 Å². The van der Waals surface area contributed by atoms with Gasteiger partial charge >= 0.3 is 6.18 Å². The number of carbonyl (C=O) groups excluding carboxylic acids is 1. The molecule has 66 valence electrons. The van der Waals surface area contributed by atoms with Gasteiger partial charge in [-0.15, -0.1) is 0 Å². The van der Waals surface area contributed by atoms with E-state index < -0.39 is 24.0 Å². The smallest absolute Gasteiger partial charge is 0.377 e. The van der Waals surface area contributed by atoms with Crippen LogP contribution in [0.5, 0.6) is 0 Å². The lowest BCUT2D eigenvalue weighted by atomic mass is 10.0. The van der Waals surface area contributed by atoms with Crippen LogP contribution in [0.15, 0.2) is 0 Å². The summed E-state index contributed by atoms with van der Waals surface area (Å²) in [5.41, 5.74) is 0. The van der Waals surface area contributed by atoms with Crippen molar-refractivity contribution in [3.05, 3.63) is 0 Å². The Hall–Kier alpha value is -0.580. The molecule has 0 unspecified atom stereocenters. The molecule has 0 aliphatic rings. The van der Waals surface area contributed by atoms with Crippen molar-refractivity contribution in [2.75, 3.05) is 0 Å². The van der Waals surface area contributed by atoms with Gasteiger partial charge in [-0.2, -0.15) is 13.2 Å². The fourth-order valence-corrected chi connectivity index (χ4v) is 0.477. The Bertz CT molecular complexity index is 150. The molecule has 0 aromatic rings. The number of halogens is 3. The maximum Gasteiger partial charge on any atom is 0.421 e. The zero-order valence-corrected chi connectivity index (χ0v) is 6.14. The number of ketones is 1. The molecular formula is C6H9F3O2. The van der Waals surface area contributed by atoms with Crippen molar-refractivity contribution in [3.63, 3.8) is 0 Å². The number of hydrogen-bond donors (Lipinski definition) is 1. The molecule has 5 heteroatoms. The summed E-state index contributed by atoms with van der Waals surface area (Å²) in [5, 5.41) is 8.35. The van der Waals surface area contributed by atoms with Crippen LogP contribution in [-0.4, -0.2) is 23.2 Å². The highest BCUT2D eigenvalue weighted by Gasteiger charge is 2.43. The lowest BCUT2D eigenvalue weighted by Gasteiger charge is -2.14. The van der Waals surface area contributed by atoms with Gasteiger partial charge in [0.2, 0.25) is 6.10 Å². The van der Waals surface area contributed by atoms with E-state index in [1.807, 2.05) is 0 Å². The van der Waals surface area contributed by atoms with Crippen molar-refractivity contribution in [3.8, 4) is 0 Å². The summed E-state index contributed by atoms with van der Waals surface area (Å²) >= 11 is 0. The van der Waals surface area contributed by atoms with Gasteiger partial charge in [-0.25, -0.2) is 0 Å². The topological polar surface area (TPSA) is 37.3 Å². The minimum atomic E-state index is -4.83. The molecule has 0 rings (SSSR count). The van der Waals surface area contributed by atoms with E-state index in [9.17, 15) is 18.0 Å². The standard InChI is InChI=1S/C6H9F3O2/c1-3(2)4(10)5(11)6(7,8)9/h3,5,11H,1-2H3/t5-/m0/s1.